The molecule has 0 aliphatic rings. The molecule has 0 aromatic heterocycles. The van der Waals surface area contributed by atoms with Gasteiger partial charge in [-0.1, -0.05) is 27.7 Å². The minimum atomic E-state index is -0.817. The number of aliphatic carboxylic acids is 1. The maximum atomic E-state index is 11.1. The van der Waals surface area contributed by atoms with Crippen molar-refractivity contribution in [2.45, 2.75) is 52.4 Å². The minimum absolute atomic E-state index is 0.0977. The van der Waals surface area contributed by atoms with Crippen molar-refractivity contribution in [1.82, 2.24) is 0 Å². The Hall–Kier alpha value is -1.84. The van der Waals surface area contributed by atoms with E-state index in [1.165, 1.54) is 0 Å². The Kier molecular flexibility index (Phi) is 6.40. The predicted octanol–water partition coefficient (Wildman–Crippen LogP) is 3.99. The molecule has 1 N–H and O–H groups in total. The standard InChI is InChI=1S/C17H24O4/c1-11(2)14-8-13(10-18)9-15(12(3)4)17(14)21-7-5-6-16(19)20/h8-12H,5-7H2,1-4H3,(H,19,20). The lowest BCUT2D eigenvalue weighted by Gasteiger charge is -2.20. The molecule has 1 rings (SSSR count). The van der Waals surface area contributed by atoms with Gasteiger partial charge in [-0.15, -0.1) is 0 Å². The normalized spacial score (nSPS) is 11.0. The molecule has 0 spiro atoms. The first-order chi connectivity index (χ1) is 9.86. The molecule has 0 heterocycles. The molecule has 1 aromatic carbocycles. The van der Waals surface area contributed by atoms with Crippen molar-refractivity contribution in [2.24, 2.45) is 0 Å². The third-order valence-electron chi connectivity index (χ3n) is 3.33. The number of ether oxygens (including phenoxy) is 1. The Morgan fingerprint density at radius 1 is 1.19 bits per heavy atom. The molecule has 0 radical (unpaired) electrons. The van der Waals surface area contributed by atoms with Gasteiger partial charge < -0.3 is 9.84 Å². The topological polar surface area (TPSA) is 63.6 Å². The van der Waals surface area contributed by atoms with Crippen LogP contribution in [0.5, 0.6) is 5.75 Å². The molecule has 0 bridgehead atoms. The SMILES string of the molecule is CC(C)c1cc(C=O)cc(C(C)C)c1OCCCC(=O)O. The van der Waals surface area contributed by atoms with Crippen molar-refractivity contribution in [3.63, 3.8) is 0 Å². The second kappa shape index (κ2) is 7.81. The number of aldehydes is 1. The second-order valence-electron chi connectivity index (χ2n) is 5.80. The third kappa shape index (κ3) is 4.88. The highest BCUT2D eigenvalue weighted by molar-refractivity contribution is 5.77. The highest BCUT2D eigenvalue weighted by Crippen LogP contribution is 2.35. The summed E-state index contributed by atoms with van der Waals surface area (Å²) in [6, 6.07) is 3.71. The first-order valence-corrected chi connectivity index (χ1v) is 7.34. The van der Waals surface area contributed by atoms with Crippen LogP contribution in [0, 0.1) is 0 Å². The van der Waals surface area contributed by atoms with E-state index in [4.69, 9.17) is 9.84 Å². The number of carboxylic acids is 1. The first kappa shape index (κ1) is 17.2. The van der Waals surface area contributed by atoms with Crippen LogP contribution >= 0.6 is 0 Å². The van der Waals surface area contributed by atoms with E-state index in [2.05, 4.69) is 27.7 Å². The highest BCUT2D eigenvalue weighted by Gasteiger charge is 2.17. The highest BCUT2D eigenvalue weighted by atomic mass is 16.5. The summed E-state index contributed by atoms with van der Waals surface area (Å²) in [5, 5.41) is 8.67. The molecule has 0 aliphatic heterocycles. The van der Waals surface area contributed by atoms with Gasteiger partial charge in [-0.3, -0.25) is 9.59 Å². The Morgan fingerprint density at radius 3 is 2.10 bits per heavy atom. The number of hydrogen-bond acceptors (Lipinski definition) is 3. The summed E-state index contributed by atoms with van der Waals surface area (Å²) in [5.74, 6) is 0.452. The van der Waals surface area contributed by atoms with E-state index in [1.807, 2.05) is 12.1 Å². The lowest BCUT2D eigenvalue weighted by Crippen LogP contribution is -2.08. The van der Waals surface area contributed by atoms with Gasteiger partial charge in [0.1, 0.15) is 12.0 Å². The van der Waals surface area contributed by atoms with Crippen molar-refractivity contribution in [3.8, 4) is 5.75 Å². The lowest BCUT2D eigenvalue weighted by molar-refractivity contribution is -0.137. The fourth-order valence-electron chi connectivity index (χ4n) is 2.19. The largest absolute Gasteiger partial charge is 0.493 e. The quantitative estimate of drug-likeness (QED) is 0.581. The summed E-state index contributed by atoms with van der Waals surface area (Å²) in [7, 11) is 0. The van der Waals surface area contributed by atoms with Gasteiger partial charge in [0, 0.05) is 12.0 Å². The van der Waals surface area contributed by atoms with Crippen LogP contribution < -0.4 is 4.74 Å². The summed E-state index contributed by atoms with van der Waals surface area (Å²) >= 11 is 0. The van der Waals surface area contributed by atoms with Gasteiger partial charge in [0.2, 0.25) is 0 Å². The van der Waals surface area contributed by atoms with Crippen LogP contribution in [0.1, 0.15) is 73.9 Å². The van der Waals surface area contributed by atoms with Crippen LogP contribution in [-0.4, -0.2) is 24.0 Å². The molecule has 0 saturated heterocycles. The van der Waals surface area contributed by atoms with Gasteiger partial charge in [-0.25, -0.2) is 0 Å². The molecule has 0 saturated carbocycles. The van der Waals surface area contributed by atoms with E-state index >= 15 is 0 Å². The smallest absolute Gasteiger partial charge is 0.303 e. The van der Waals surface area contributed by atoms with Crippen LogP contribution in [0.4, 0.5) is 0 Å². The molecular weight excluding hydrogens is 268 g/mol. The molecule has 4 nitrogen and oxygen atoms in total. The monoisotopic (exact) mass is 292 g/mol. The Morgan fingerprint density at radius 2 is 1.71 bits per heavy atom. The van der Waals surface area contributed by atoms with E-state index in [-0.39, 0.29) is 18.3 Å². The predicted molar refractivity (Wildman–Crippen MR) is 82.4 cm³/mol. The maximum Gasteiger partial charge on any atom is 0.303 e. The molecule has 0 aliphatic carbocycles. The van der Waals surface area contributed by atoms with Crippen LogP contribution in [0.15, 0.2) is 12.1 Å². The lowest BCUT2D eigenvalue weighted by atomic mass is 9.91. The molecule has 21 heavy (non-hydrogen) atoms. The van der Waals surface area contributed by atoms with Crippen LogP contribution in [0.25, 0.3) is 0 Å². The van der Waals surface area contributed by atoms with Crippen LogP contribution in [0.3, 0.4) is 0 Å². The molecule has 0 unspecified atom stereocenters. The summed E-state index contributed by atoms with van der Waals surface area (Å²) in [6.07, 6.45) is 1.42. The molecule has 0 atom stereocenters. The summed E-state index contributed by atoms with van der Waals surface area (Å²) < 4.78 is 5.86. The average Bonchev–Trinajstić information content (AvgIpc) is 2.42. The van der Waals surface area contributed by atoms with Gasteiger partial charge >= 0.3 is 5.97 Å². The van der Waals surface area contributed by atoms with E-state index < -0.39 is 5.97 Å². The van der Waals surface area contributed by atoms with E-state index in [0.717, 1.165) is 23.2 Å². The molecule has 1 aromatic rings. The van der Waals surface area contributed by atoms with E-state index in [1.54, 1.807) is 0 Å². The minimum Gasteiger partial charge on any atom is -0.493 e. The zero-order valence-electron chi connectivity index (χ0n) is 13.2. The Balaban J connectivity index is 3.07. The van der Waals surface area contributed by atoms with Crippen molar-refractivity contribution in [2.75, 3.05) is 6.61 Å². The molecule has 0 amide bonds. The van der Waals surface area contributed by atoms with Gasteiger partial charge in [0.05, 0.1) is 6.61 Å². The van der Waals surface area contributed by atoms with Crippen LogP contribution in [-0.2, 0) is 4.79 Å². The zero-order chi connectivity index (χ0) is 16.0. The van der Waals surface area contributed by atoms with Crippen molar-refractivity contribution in [1.29, 1.82) is 0 Å². The van der Waals surface area contributed by atoms with Gasteiger partial charge in [0.15, 0.2) is 0 Å². The fourth-order valence-corrected chi connectivity index (χ4v) is 2.19. The van der Waals surface area contributed by atoms with E-state index in [0.29, 0.717) is 18.6 Å². The number of benzene rings is 1. The van der Waals surface area contributed by atoms with Crippen molar-refractivity contribution in [3.05, 3.63) is 28.8 Å². The maximum absolute atomic E-state index is 11.1. The number of carbonyl (C=O) groups excluding carboxylic acids is 1. The average molecular weight is 292 g/mol. The molecule has 0 fully saturated rings. The first-order valence-electron chi connectivity index (χ1n) is 7.34. The van der Waals surface area contributed by atoms with Gasteiger partial charge in [-0.05, 0) is 41.5 Å². The Bertz CT molecular complexity index is 475. The molecular formula is C17H24O4. The third-order valence-corrected chi connectivity index (χ3v) is 3.33. The summed E-state index contributed by atoms with van der Waals surface area (Å²) in [4.78, 5) is 21.6. The van der Waals surface area contributed by atoms with Gasteiger partial charge in [0.25, 0.3) is 0 Å². The van der Waals surface area contributed by atoms with Gasteiger partial charge in [-0.2, -0.15) is 0 Å². The zero-order valence-corrected chi connectivity index (χ0v) is 13.2. The number of hydrogen-bond donors (Lipinski definition) is 1. The fraction of sp³-hybridized carbons (Fsp3) is 0.529. The van der Waals surface area contributed by atoms with Crippen molar-refractivity contribution < 1.29 is 19.4 Å². The second-order valence-corrected chi connectivity index (χ2v) is 5.80. The Labute approximate surface area is 126 Å². The summed E-state index contributed by atoms with van der Waals surface area (Å²) in [5.41, 5.74) is 2.65. The van der Waals surface area contributed by atoms with Crippen molar-refractivity contribution >= 4 is 12.3 Å². The number of carbonyl (C=O) groups is 2. The van der Waals surface area contributed by atoms with Crippen LogP contribution in [0.2, 0.25) is 0 Å². The van der Waals surface area contributed by atoms with E-state index in [9.17, 15) is 9.59 Å². The summed E-state index contributed by atoms with van der Waals surface area (Å²) in [6.45, 7) is 8.58. The molecule has 116 valence electrons. The number of carboxylic acid groups (broad SMARTS) is 1. The molecule has 4 heteroatoms. The number of rotatable bonds is 8.